The maximum atomic E-state index is 13.6. The monoisotopic (exact) mass is 544 g/mol. The van der Waals surface area contributed by atoms with Gasteiger partial charge < -0.3 is 9.16 Å². The number of carbonyl (C=O) groups is 1. The zero-order chi connectivity index (χ0) is 27.4. The van der Waals surface area contributed by atoms with Gasteiger partial charge in [-0.15, -0.1) is 11.3 Å². The lowest BCUT2D eigenvalue weighted by atomic mass is 10.1. The Morgan fingerprint density at radius 3 is 2.32 bits per heavy atom. The Labute approximate surface area is 224 Å². The largest absolute Gasteiger partial charge is 0.462 e. The number of carbonyl (C=O) groups excluding carboxylic acids is 1. The molecule has 0 atom stereocenters. The van der Waals surface area contributed by atoms with E-state index in [1.54, 1.807) is 18.4 Å². The Bertz CT molecular complexity index is 1350. The number of hydrogen-bond acceptors (Lipinski definition) is 6. The van der Waals surface area contributed by atoms with Crippen LogP contribution in [0.5, 0.6) is 0 Å². The Hall–Kier alpha value is -2.49. The lowest BCUT2D eigenvalue weighted by Crippen LogP contribution is -2.41. The molecule has 7 nitrogen and oxygen atoms in total. The topological polar surface area (TPSA) is 79.5 Å². The summed E-state index contributed by atoms with van der Waals surface area (Å²) < 4.78 is 14.5. The quantitative estimate of drug-likeness (QED) is 0.174. The van der Waals surface area contributed by atoms with Gasteiger partial charge in [-0.2, -0.15) is 0 Å². The zero-order valence-electron chi connectivity index (χ0n) is 23.2. The molecular weight excluding hydrogens is 504 g/mol. The van der Waals surface area contributed by atoms with Gasteiger partial charge in [-0.25, -0.2) is 9.59 Å². The van der Waals surface area contributed by atoms with Crippen LogP contribution in [-0.2, 0) is 28.7 Å². The molecule has 2 aromatic heterocycles. The third-order valence-corrected chi connectivity index (χ3v) is 13.1. The van der Waals surface area contributed by atoms with Crippen molar-refractivity contribution in [3.05, 3.63) is 67.2 Å². The first kappa shape index (κ1) is 29.1. The maximum absolute atomic E-state index is 13.6. The molecule has 1 aromatic carbocycles. The van der Waals surface area contributed by atoms with Crippen LogP contribution in [0.2, 0.25) is 18.1 Å². The Kier molecular flexibility index (Phi) is 9.36. The molecule has 0 aliphatic rings. The van der Waals surface area contributed by atoms with Crippen molar-refractivity contribution in [3.63, 3.8) is 0 Å². The van der Waals surface area contributed by atoms with Gasteiger partial charge in [0.05, 0.1) is 12.0 Å². The molecule has 0 fully saturated rings. The molecule has 0 bridgehead atoms. The van der Waals surface area contributed by atoms with E-state index < -0.39 is 14.3 Å². The van der Waals surface area contributed by atoms with Gasteiger partial charge >= 0.3 is 11.7 Å². The van der Waals surface area contributed by atoms with Crippen molar-refractivity contribution in [1.82, 2.24) is 9.13 Å². The molecule has 0 unspecified atom stereocenters. The molecule has 0 saturated heterocycles. The number of ether oxygens (including phenoxy) is 1. The van der Waals surface area contributed by atoms with E-state index in [4.69, 9.17) is 9.16 Å². The standard InChI is InChI=1S/C28H40N2O5SSi/c1-8-34-26(32)23-20(2)22-24(31)29(17-12-13-19-35-37(6,7)28(3,4)5)27(33)30(25(22)36-23)18-16-21-14-10-9-11-15-21/h9-11,14-15H,8,12-13,16-19H2,1-7H3. The smallest absolute Gasteiger partial charge is 0.348 e. The van der Waals surface area contributed by atoms with Gasteiger partial charge in [0, 0.05) is 19.7 Å². The van der Waals surface area contributed by atoms with E-state index in [-0.39, 0.29) is 22.9 Å². The number of thiophene rings is 1. The number of fused-ring (bicyclic) bond motifs is 1. The van der Waals surface area contributed by atoms with E-state index in [0.29, 0.717) is 53.2 Å². The van der Waals surface area contributed by atoms with E-state index in [9.17, 15) is 14.4 Å². The van der Waals surface area contributed by atoms with Gasteiger partial charge in [0.25, 0.3) is 5.56 Å². The molecule has 0 saturated carbocycles. The van der Waals surface area contributed by atoms with Crippen LogP contribution in [0.1, 0.15) is 61.3 Å². The molecule has 0 spiro atoms. The molecule has 2 heterocycles. The molecule has 0 N–H and O–H groups in total. The minimum Gasteiger partial charge on any atom is -0.462 e. The minimum absolute atomic E-state index is 0.133. The summed E-state index contributed by atoms with van der Waals surface area (Å²) >= 11 is 1.17. The number of nitrogens with zero attached hydrogens (tertiary/aromatic N) is 2. The molecule has 0 aliphatic heterocycles. The van der Waals surface area contributed by atoms with Gasteiger partial charge in [0.1, 0.15) is 9.71 Å². The van der Waals surface area contributed by atoms with Gasteiger partial charge in [0.15, 0.2) is 8.32 Å². The number of benzene rings is 1. The van der Waals surface area contributed by atoms with Crippen LogP contribution in [0, 0.1) is 6.92 Å². The second kappa shape index (κ2) is 11.9. The van der Waals surface area contributed by atoms with E-state index in [2.05, 4.69) is 33.9 Å². The number of rotatable bonds is 11. The van der Waals surface area contributed by atoms with Gasteiger partial charge in [0.2, 0.25) is 0 Å². The second-order valence-electron chi connectivity index (χ2n) is 10.9. The highest BCUT2D eigenvalue weighted by atomic mass is 32.1. The minimum atomic E-state index is -1.84. The third kappa shape index (κ3) is 6.51. The lowest BCUT2D eigenvalue weighted by Gasteiger charge is -2.36. The molecule has 0 radical (unpaired) electrons. The fraction of sp³-hybridized carbons (Fsp3) is 0.536. The summed E-state index contributed by atoms with van der Waals surface area (Å²) in [6.45, 7) is 16.1. The van der Waals surface area contributed by atoms with Crippen molar-refractivity contribution in [2.45, 2.75) is 85.1 Å². The van der Waals surface area contributed by atoms with Gasteiger partial charge in [-0.3, -0.25) is 13.9 Å². The summed E-state index contributed by atoms with van der Waals surface area (Å²) in [6, 6.07) is 9.93. The van der Waals surface area contributed by atoms with Crippen LogP contribution in [0.4, 0.5) is 0 Å². The molecule has 0 amide bonds. The predicted octanol–water partition coefficient (Wildman–Crippen LogP) is 5.75. The summed E-state index contributed by atoms with van der Waals surface area (Å²) in [7, 11) is -1.84. The van der Waals surface area contributed by atoms with Crippen molar-refractivity contribution >= 4 is 35.8 Å². The highest BCUT2D eigenvalue weighted by Crippen LogP contribution is 2.36. The fourth-order valence-corrected chi connectivity index (χ4v) is 6.28. The number of esters is 1. The number of aromatic nitrogens is 2. The van der Waals surface area contributed by atoms with E-state index in [0.717, 1.165) is 12.0 Å². The average molecular weight is 545 g/mol. The first-order valence-corrected chi connectivity index (χ1v) is 16.7. The normalized spacial score (nSPS) is 12.3. The number of hydrogen-bond donors (Lipinski definition) is 0. The summed E-state index contributed by atoms with van der Waals surface area (Å²) in [6.07, 6.45) is 2.05. The van der Waals surface area contributed by atoms with Crippen molar-refractivity contribution in [2.24, 2.45) is 0 Å². The molecule has 202 valence electrons. The average Bonchev–Trinajstić information content (AvgIpc) is 3.18. The van der Waals surface area contributed by atoms with Crippen molar-refractivity contribution in [2.75, 3.05) is 13.2 Å². The fourth-order valence-electron chi connectivity index (χ4n) is 3.98. The van der Waals surface area contributed by atoms with Crippen LogP contribution in [0.3, 0.4) is 0 Å². The summed E-state index contributed by atoms with van der Waals surface area (Å²) in [4.78, 5) is 40.6. The molecule has 9 heteroatoms. The Morgan fingerprint density at radius 1 is 1.03 bits per heavy atom. The highest BCUT2D eigenvalue weighted by molar-refractivity contribution is 7.20. The molecule has 3 aromatic rings. The lowest BCUT2D eigenvalue weighted by molar-refractivity contribution is 0.0531. The predicted molar refractivity (Wildman–Crippen MR) is 154 cm³/mol. The van der Waals surface area contributed by atoms with Crippen LogP contribution >= 0.6 is 11.3 Å². The summed E-state index contributed by atoms with van der Waals surface area (Å²) in [5.41, 5.74) is 0.995. The van der Waals surface area contributed by atoms with Crippen LogP contribution in [0.25, 0.3) is 10.2 Å². The molecular formula is C28H40N2O5SSi. The Morgan fingerprint density at radius 2 is 1.70 bits per heavy atom. The van der Waals surface area contributed by atoms with Gasteiger partial charge in [-0.1, -0.05) is 51.1 Å². The van der Waals surface area contributed by atoms with Crippen molar-refractivity contribution in [3.8, 4) is 0 Å². The van der Waals surface area contributed by atoms with Crippen LogP contribution in [0.15, 0.2) is 39.9 Å². The van der Waals surface area contributed by atoms with E-state index in [1.807, 2.05) is 30.3 Å². The highest BCUT2D eigenvalue weighted by Gasteiger charge is 2.36. The van der Waals surface area contributed by atoms with Crippen molar-refractivity contribution < 1.29 is 14.0 Å². The third-order valence-electron chi connectivity index (χ3n) is 7.27. The molecule has 3 rings (SSSR count). The van der Waals surface area contributed by atoms with Crippen LogP contribution < -0.4 is 11.2 Å². The second-order valence-corrected chi connectivity index (χ2v) is 16.7. The number of unbranched alkanes of at least 4 members (excludes halogenated alkanes) is 1. The van der Waals surface area contributed by atoms with Crippen LogP contribution in [-0.4, -0.2) is 36.6 Å². The molecule has 0 aliphatic carbocycles. The summed E-state index contributed by atoms with van der Waals surface area (Å²) in [5, 5.41) is 0.562. The first-order valence-electron chi connectivity index (χ1n) is 13.0. The molecule has 37 heavy (non-hydrogen) atoms. The zero-order valence-corrected chi connectivity index (χ0v) is 25.0. The Balaban J connectivity index is 1.93. The maximum Gasteiger partial charge on any atom is 0.348 e. The van der Waals surface area contributed by atoms with E-state index >= 15 is 0 Å². The van der Waals surface area contributed by atoms with Gasteiger partial charge in [-0.05, 0) is 62.4 Å². The first-order chi connectivity index (χ1) is 17.4. The number of aryl methyl sites for hydroxylation is 3. The summed E-state index contributed by atoms with van der Waals surface area (Å²) in [5.74, 6) is -0.461. The SMILES string of the molecule is CCOC(=O)c1sc2c(c1C)c(=O)n(CCCCO[Si](C)(C)C(C)(C)C)c(=O)n2CCc1ccccc1. The van der Waals surface area contributed by atoms with E-state index in [1.165, 1.54) is 15.9 Å². The van der Waals surface area contributed by atoms with Crippen molar-refractivity contribution in [1.29, 1.82) is 0 Å².